The van der Waals surface area contributed by atoms with E-state index in [-0.39, 0.29) is 22.3 Å². The molecule has 2 aliphatic heterocycles. The molecule has 5 heterocycles. The van der Waals surface area contributed by atoms with E-state index < -0.39 is 5.97 Å². The summed E-state index contributed by atoms with van der Waals surface area (Å²) in [6.45, 7) is 0. The van der Waals surface area contributed by atoms with Gasteiger partial charge in [-0.2, -0.15) is 0 Å². The van der Waals surface area contributed by atoms with Gasteiger partial charge < -0.3 is 20.2 Å². The molecule has 0 aromatic carbocycles. The Hall–Kier alpha value is -4.13. The maximum absolute atomic E-state index is 11.7. The van der Waals surface area contributed by atoms with Crippen molar-refractivity contribution in [3.63, 3.8) is 0 Å². The molecule has 0 atom stereocenters. The number of aromatic carboxylic acids is 1. The number of aromatic amines is 2. The second-order valence-electron chi connectivity index (χ2n) is 6.52. The maximum Gasteiger partial charge on any atom is 0.341 e. The Kier molecular flexibility index (Phi) is 3.42. The number of carboxylic acid groups (broad SMARTS) is 1. The minimum atomic E-state index is -1.22. The predicted octanol–water partition coefficient (Wildman–Crippen LogP) is 4.06. The highest BCUT2D eigenvalue weighted by Gasteiger charge is 2.17. The smallest absolute Gasteiger partial charge is 0.341 e. The van der Waals surface area contributed by atoms with E-state index in [4.69, 9.17) is 0 Å². The third kappa shape index (κ3) is 2.75. The van der Waals surface area contributed by atoms with Crippen LogP contribution < -0.4 is 0 Å². The minimum absolute atomic E-state index is 0.198. The number of carboxylic acids is 1. The Morgan fingerprint density at radius 1 is 0.750 bits per heavy atom. The minimum Gasteiger partial charge on any atom is -0.505 e. The van der Waals surface area contributed by atoms with E-state index in [0.29, 0.717) is 11.4 Å². The van der Waals surface area contributed by atoms with Crippen molar-refractivity contribution in [3.05, 3.63) is 64.7 Å². The maximum atomic E-state index is 11.7. The molecule has 0 aliphatic carbocycles. The van der Waals surface area contributed by atoms with Crippen LogP contribution in [-0.4, -0.2) is 36.1 Å². The predicted molar refractivity (Wildman–Crippen MR) is 107 cm³/mol. The molecule has 0 fully saturated rings. The third-order valence-electron chi connectivity index (χ3n) is 4.53. The summed E-state index contributed by atoms with van der Waals surface area (Å²) in [7, 11) is 0. The number of rotatable bonds is 1. The first-order valence-corrected chi connectivity index (χ1v) is 8.59. The first kappa shape index (κ1) is 16.1. The van der Waals surface area contributed by atoms with Gasteiger partial charge in [-0.3, -0.25) is 0 Å². The number of H-pyrrole nitrogens is 2. The zero-order chi connectivity index (χ0) is 19.3. The van der Waals surface area contributed by atoms with Crippen LogP contribution >= 0.6 is 0 Å². The molecular formula is C21H14N4O3. The second kappa shape index (κ2) is 5.95. The zero-order valence-corrected chi connectivity index (χ0v) is 14.5. The van der Waals surface area contributed by atoms with Crippen molar-refractivity contribution in [1.82, 2.24) is 19.9 Å². The van der Waals surface area contributed by atoms with Gasteiger partial charge in [-0.25, -0.2) is 14.8 Å². The van der Waals surface area contributed by atoms with Gasteiger partial charge in [0.15, 0.2) is 5.75 Å². The molecule has 0 saturated carbocycles. The average Bonchev–Trinajstić information content (AvgIpc) is 3.40. The summed E-state index contributed by atoms with van der Waals surface area (Å²) in [6, 6.07) is 10.9. The molecule has 0 amide bonds. The standard InChI is InChI=1S/C21H14N4O3/c26-20-18-10-16-6-4-14(24-16)8-12-2-1-11(22-12)7-13-3-5-15(23-13)9-17(25-18)19(20)21(27)28/h1-10,22,25-26H,(H,27,28). The van der Waals surface area contributed by atoms with Crippen molar-refractivity contribution in [2.45, 2.75) is 0 Å². The number of carbonyl (C=O) groups is 1. The van der Waals surface area contributed by atoms with E-state index in [0.717, 1.165) is 22.4 Å². The van der Waals surface area contributed by atoms with Gasteiger partial charge in [0.25, 0.3) is 0 Å². The molecule has 7 heteroatoms. The van der Waals surface area contributed by atoms with E-state index in [2.05, 4.69) is 19.9 Å². The lowest BCUT2D eigenvalue weighted by Crippen LogP contribution is -1.94. The topological polar surface area (TPSA) is 115 Å². The van der Waals surface area contributed by atoms with Crippen molar-refractivity contribution in [2.24, 2.45) is 0 Å². The van der Waals surface area contributed by atoms with Crippen LogP contribution in [0.1, 0.15) is 33.1 Å². The van der Waals surface area contributed by atoms with Crippen LogP contribution in [0.25, 0.3) is 46.4 Å². The van der Waals surface area contributed by atoms with E-state index in [1.807, 2.05) is 36.4 Å². The number of fused-ring (bicyclic) bond motifs is 8. The van der Waals surface area contributed by atoms with E-state index >= 15 is 0 Å². The lowest BCUT2D eigenvalue weighted by atomic mass is 10.2. The molecule has 0 unspecified atom stereocenters. The first-order valence-electron chi connectivity index (χ1n) is 8.59. The summed E-state index contributed by atoms with van der Waals surface area (Å²) in [5, 5.41) is 20.0. The molecule has 0 radical (unpaired) electrons. The molecule has 3 aromatic heterocycles. The molecule has 0 spiro atoms. The van der Waals surface area contributed by atoms with Gasteiger partial charge in [0.1, 0.15) is 5.56 Å². The lowest BCUT2D eigenvalue weighted by Gasteiger charge is -1.91. The molecule has 4 N–H and O–H groups in total. The highest BCUT2D eigenvalue weighted by Crippen LogP contribution is 2.29. The van der Waals surface area contributed by atoms with E-state index in [9.17, 15) is 15.0 Å². The summed E-state index contributed by atoms with van der Waals surface area (Å²) in [4.78, 5) is 26.9. The number of nitrogens with one attached hydrogen (secondary N) is 2. The Morgan fingerprint density at radius 2 is 1.25 bits per heavy atom. The Morgan fingerprint density at radius 3 is 1.79 bits per heavy atom. The van der Waals surface area contributed by atoms with Gasteiger partial charge >= 0.3 is 5.97 Å². The summed E-state index contributed by atoms with van der Waals surface area (Å²) in [5.74, 6) is -1.55. The number of aromatic nitrogens is 4. The van der Waals surface area contributed by atoms with Crippen LogP contribution in [0.2, 0.25) is 0 Å². The van der Waals surface area contributed by atoms with Gasteiger partial charge in [0, 0.05) is 11.0 Å². The lowest BCUT2D eigenvalue weighted by molar-refractivity contribution is 0.0696. The van der Waals surface area contributed by atoms with Gasteiger partial charge in [0.2, 0.25) is 0 Å². The van der Waals surface area contributed by atoms with Crippen molar-refractivity contribution in [3.8, 4) is 5.75 Å². The average molecular weight is 370 g/mol. The van der Waals surface area contributed by atoms with Crippen LogP contribution in [-0.2, 0) is 0 Å². The number of hydrogen-bond acceptors (Lipinski definition) is 4. The molecule has 2 aliphatic rings. The van der Waals surface area contributed by atoms with Crippen LogP contribution in [0.4, 0.5) is 0 Å². The van der Waals surface area contributed by atoms with Gasteiger partial charge in [-0.1, -0.05) is 0 Å². The molecule has 8 bridgehead atoms. The molecule has 0 saturated heterocycles. The Bertz CT molecular complexity index is 1360. The third-order valence-corrected chi connectivity index (χ3v) is 4.53. The fourth-order valence-electron chi connectivity index (χ4n) is 3.28. The van der Waals surface area contributed by atoms with Gasteiger partial charge in [-0.05, 0) is 60.7 Å². The summed E-state index contributed by atoms with van der Waals surface area (Å²) in [5.41, 5.74) is 4.82. The highest BCUT2D eigenvalue weighted by atomic mass is 16.4. The van der Waals surface area contributed by atoms with Crippen molar-refractivity contribution >= 4 is 52.3 Å². The first-order chi connectivity index (χ1) is 13.5. The Labute approximate surface area is 158 Å². The quantitative estimate of drug-likeness (QED) is 0.355. The largest absolute Gasteiger partial charge is 0.505 e. The van der Waals surface area contributed by atoms with Crippen LogP contribution in [0.15, 0.2) is 36.4 Å². The SMILES string of the molecule is O=C(O)c1c(O)c2cc3nc(cc4ccc(cc5nc(cc1[nH]2)C=C5)[nH]4)C=C3. The van der Waals surface area contributed by atoms with Gasteiger partial charge in [0.05, 0.1) is 33.8 Å². The normalized spacial score (nSPS) is 12.4. The summed E-state index contributed by atoms with van der Waals surface area (Å²) >= 11 is 0. The van der Waals surface area contributed by atoms with Crippen LogP contribution in [0.5, 0.6) is 5.75 Å². The molecule has 136 valence electrons. The fraction of sp³-hybridized carbons (Fsp3) is 0. The monoisotopic (exact) mass is 370 g/mol. The van der Waals surface area contributed by atoms with Gasteiger partial charge in [-0.15, -0.1) is 0 Å². The zero-order valence-electron chi connectivity index (χ0n) is 14.5. The number of hydrogen-bond donors (Lipinski definition) is 4. The van der Waals surface area contributed by atoms with E-state index in [1.165, 1.54) is 0 Å². The second-order valence-corrected chi connectivity index (χ2v) is 6.52. The summed E-state index contributed by atoms with van der Waals surface area (Å²) < 4.78 is 0. The van der Waals surface area contributed by atoms with Crippen LogP contribution in [0, 0.1) is 0 Å². The summed E-state index contributed by atoms with van der Waals surface area (Å²) in [6.07, 6.45) is 7.28. The molecule has 7 nitrogen and oxygen atoms in total. The molecule has 28 heavy (non-hydrogen) atoms. The molecule has 5 rings (SSSR count). The molecular weight excluding hydrogens is 356 g/mol. The highest BCUT2D eigenvalue weighted by molar-refractivity contribution is 6.03. The van der Waals surface area contributed by atoms with Crippen molar-refractivity contribution in [1.29, 1.82) is 0 Å². The van der Waals surface area contributed by atoms with Crippen molar-refractivity contribution < 1.29 is 15.0 Å². The van der Waals surface area contributed by atoms with Crippen LogP contribution in [0.3, 0.4) is 0 Å². The number of nitrogens with zero attached hydrogens (tertiary/aromatic N) is 2. The van der Waals surface area contributed by atoms with Crippen molar-refractivity contribution in [2.75, 3.05) is 0 Å². The Balaban J connectivity index is 1.91. The fourth-order valence-corrected chi connectivity index (χ4v) is 3.28. The van der Waals surface area contributed by atoms with E-state index in [1.54, 1.807) is 24.3 Å². The number of aromatic hydroxyl groups is 1. The molecule has 3 aromatic rings.